The molecule has 0 saturated carbocycles. The monoisotopic (exact) mass is 594 g/mol. The highest BCUT2D eigenvalue weighted by molar-refractivity contribution is 5.87. The first-order valence-corrected chi connectivity index (χ1v) is 14.5. The third-order valence-corrected chi connectivity index (χ3v) is 7.39. The molecule has 1 saturated heterocycles. The molecule has 2 atom stereocenters. The van der Waals surface area contributed by atoms with Crippen LogP contribution in [0.5, 0.6) is 5.75 Å². The fourth-order valence-electron chi connectivity index (χ4n) is 5.39. The standard InChI is InChI=1S/C30H42N8O5/c1-5-33-26-25(32)27(35-18-34-26)38-14-7-9-20(38)17-42-23-10-6-8-19-13-15-37(16-21(19)23)28(40)22(11-12-24(31)39)36-29(41)43-30(2,3)4/h5-6,8,10,18,20,22H,1,7,9,11-17,32H2,2-4H3,(H2,31,39)(H,36,41)(H,33,34,35)/t20-,22+/m1/s1. The summed E-state index contributed by atoms with van der Waals surface area (Å²) >= 11 is 0. The van der Waals surface area contributed by atoms with E-state index in [1.165, 1.54) is 12.5 Å². The Labute approximate surface area is 252 Å². The number of ether oxygens (including phenoxy) is 2. The minimum absolute atomic E-state index is 0.0437. The lowest BCUT2D eigenvalue weighted by molar-refractivity contribution is -0.134. The molecule has 3 amide bonds. The maximum Gasteiger partial charge on any atom is 0.408 e. The number of aromatic nitrogens is 2. The van der Waals surface area contributed by atoms with E-state index in [1.54, 1.807) is 25.7 Å². The Bertz CT molecular complexity index is 1340. The molecule has 232 valence electrons. The van der Waals surface area contributed by atoms with Gasteiger partial charge in [-0.25, -0.2) is 14.8 Å². The molecular weight excluding hydrogens is 552 g/mol. The summed E-state index contributed by atoms with van der Waals surface area (Å²) in [4.78, 5) is 50.1. The lowest BCUT2D eigenvalue weighted by Gasteiger charge is -2.33. The maximum absolute atomic E-state index is 13.6. The van der Waals surface area contributed by atoms with Gasteiger partial charge in [0.25, 0.3) is 0 Å². The molecule has 2 aliphatic heterocycles. The van der Waals surface area contributed by atoms with Crippen molar-refractivity contribution in [1.82, 2.24) is 20.2 Å². The molecule has 3 heterocycles. The second-order valence-electron chi connectivity index (χ2n) is 11.7. The van der Waals surface area contributed by atoms with Gasteiger partial charge in [0.15, 0.2) is 11.6 Å². The number of benzene rings is 1. The van der Waals surface area contributed by atoms with Crippen LogP contribution in [0, 0.1) is 0 Å². The summed E-state index contributed by atoms with van der Waals surface area (Å²) in [5, 5.41) is 5.58. The van der Waals surface area contributed by atoms with Gasteiger partial charge in [-0.2, -0.15) is 0 Å². The third kappa shape index (κ3) is 8.05. The first kappa shape index (κ1) is 31.4. The van der Waals surface area contributed by atoms with Crippen LogP contribution in [0.2, 0.25) is 0 Å². The van der Waals surface area contributed by atoms with Crippen LogP contribution in [0.4, 0.5) is 22.1 Å². The van der Waals surface area contributed by atoms with Crippen molar-refractivity contribution < 1.29 is 23.9 Å². The van der Waals surface area contributed by atoms with Crippen LogP contribution in [0.3, 0.4) is 0 Å². The number of nitrogens with zero attached hydrogens (tertiary/aromatic N) is 4. The summed E-state index contributed by atoms with van der Waals surface area (Å²) in [6, 6.07) is 4.98. The third-order valence-electron chi connectivity index (χ3n) is 7.39. The molecule has 13 heteroatoms. The zero-order valence-electron chi connectivity index (χ0n) is 25.1. The number of anilines is 3. The normalized spacial score (nSPS) is 17.0. The molecule has 13 nitrogen and oxygen atoms in total. The Morgan fingerprint density at radius 2 is 2.02 bits per heavy atom. The number of hydrogen-bond donors (Lipinski definition) is 4. The van der Waals surface area contributed by atoms with Crippen LogP contribution >= 0.6 is 0 Å². The second kappa shape index (κ2) is 13.6. The van der Waals surface area contributed by atoms with E-state index in [0.717, 1.165) is 30.5 Å². The van der Waals surface area contributed by atoms with Crippen LogP contribution in [0.15, 0.2) is 37.3 Å². The van der Waals surface area contributed by atoms with Crippen LogP contribution in [0.25, 0.3) is 0 Å². The van der Waals surface area contributed by atoms with Crippen molar-refractivity contribution in [1.29, 1.82) is 0 Å². The van der Waals surface area contributed by atoms with Gasteiger partial charge in [0.1, 0.15) is 36.0 Å². The zero-order chi connectivity index (χ0) is 31.1. The van der Waals surface area contributed by atoms with Crippen molar-refractivity contribution in [3.8, 4) is 5.75 Å². The number of amides is 3. The van der Waals surface area contributed by atoms with Gasteiger partial charge in [-0.3, -0.25) is 9.59 Å². The summed E-state index contributed by atoms with van der Waals surface area (Å²) in [6.45, 7) is 10.8. The summed E-state index contributed by atoms with van der Waals surface area (Å²) in [5.41, 5.74) is 13.4. The number of fused-ring (bicyclic) bond motifs is 1. The number of nitrogens with one attached hydrogen (secondary N) is 2. The molecule has 43 heavy (non-hydrogen) atoms. The van der Waals surface area contributed by atoms with Crippen molar-refractivity contribution in [2.75, 3.05) is 35.6 Å². The Balaban J connectivity index is 1.47. The summed E-state index contributed by atoms with van der Waals surface area (Å²) in [7, 11) is 0. The number of carbonyl (C=O) groups excluding carboxylic acids is 3. The van der Waals surface area contributed by atoms with Gasteiger partial charge in [0.2, 0.25) is 11.8 Å². The van der Waals surface area contributed by atoms with Gasteiger partial charge in [-0.05, 0) is 64.3 Å². The summed E-state index contributed by atoms with van der Waals surface area (Å²) in [5.74, 6) is 0.986. The predicted octanol–water partition coefficient (Wildman–Crippen LogP) is 2.71. The molecule has 0 radical (unpaired) electrons. The van der Waals surface area contributed by atoms with Gasteiger partial charge >= 0.3 is 6.09 Å². The topological polar surface area (TPSA) is 178 Å². The van der Waals surface area contributed by atoms with Gasteiger partial charge in [0.05, 0.1) is 6.04 Å². The number of primary amides is 1. The van der Waals surface area contributed by atoms with Gasteiger partial charge in [0, 0.05) is 31.6 Å². The minimum atomic E-state index is -0.956. The van der Waals surface area contributed by atoms with E-state index >= 15 is 0 Å². The number of hydrogen-bond acceptors (Lipinski definition) is 10. The van der Waals surface area contributed by atoms with E-state index in [-0.39, 0.29) is 24.8 Å². The Morgan fingerprint density at radius 1 is 1.23 bits per heavy atom. The highest BCUT2D eigenvalue weighted by Gasteiger charge is 2.32. The molecule has 0 spiro atoms. The molecule has 1 aromatic carbocycles. The van der Waals surface area contributed by atoms with Crippen molar-refractivity contribution in [2.24, 2.45) is 5.73 Å². The average Bonchev–Trinajstić information content (AvgIpc) is 3.42. The van der Waals surface area contributed by atoms with Gasteiger partial charge < -0.3 is 41.4 Å². The van der Waals surface area contributed by atoms with Crippen LogP contribution < -0.4 is 31.7 Å². The SMILES string of the molecule is C=CNc1ncnc(N2CCC[C@@H]2COc2cccc3c2CN(C(=O)[C@H](CCC(N)=O)NC(=O)OC(C)(C)C)CC3)c1N. The van der Waals surface area contributed by atoms with E-state index in [9.17, 15) is 14.4 Å². The van der Waals surface area contributed by atoms with Crippen LogP contribution in [0.1, 0.15) is 57.6 Å². The first-order chi connectivity index (χ1) is 20.5. The molecule has 1 aromatic heterocycles. The Kier molecular flexibility index (Phi) is 9.94. The number of rotatable bonds is 11. The van der Waals surface area contributed by atoms with E-state index in [4.69, 9.17) is 20.9 Å². The number of carbonyl (C=O) groups is 3. The van der Waals surface area contributed by atoms with Crippen LogP contribution in [-0.2, 0) is 27.3 Å². The number of nitrogen functional groups attached to an aromatic ring is 1. The average molecular weight is 595 g/mol. The quantitative estimate of drug-likeness (QED) is 0.302. The highest BCUT2D eigenvalue weighted by atomic mass is 16.6. The fraction of sp³-hybridized carbons (Fsp3) is 0.500. The number of nitrogens with two attached hydrogens (primary N) is 2. The van der Waals surface area contributed by atoms with Crippen molar-refractivity contribution in [3.63, 3.8) is 0 Å². The molecule has 4 rings (SSSR count). The van der Waals surface area contributed by atoms with E-state index in [1.807, 2.05) is 18.2 Å². The minimum Gasteiger partial charge on any atom is -0.491 e. The van der Waals surface area contributed by atoms with E-state index < -0.39 is 23.6 Å². The van der Waals surface area contributed by atoms with Gasteiger partial charge in [-0.1, -0.05) is 18.7 Å². The van der Waals surface area contributed by atoms with E-state index in [0.29, 0.717) is 49.2 Å². The molecule has 1 fully saturated rings. The lowest BCUT2D eigenvalue weighted by Crippen LogP contribution is -2.51. The fourth-order valence-corrected chi connectivity index (χ4v) is 5.39. The molecule has 2 aromatic rings. The van der Waals surface area contributed by atoms with Crippen molar-refractivity contribution >= 4 is 35.2 Å². The van der Waals surface area contributed by atoms with Crippen molar-refractivity contribution in [3.05, 3.63) is 48.4 Å². The smallest absolute Gasteiger partial charge is 0.408 e. The highest BCUT2D eigenvalue weighted by Crippen LogP contribution is 2.33. The maximum atomic E-state index is 13.6. The van der Waals surface area contributed by atoms with Crippen LogP contribution in [-0.4, -0.2) is 70.2 Å². The summed E-state index contributed by atoms with van der Waals surface area (Å²) < 4.78 is 11.7. The summed E-state index contributed by atoms with van der Waals surface area (Å²) in [6.07, 6.45) is 4.79. The van der Waals surface area contributed by atoms with E-state index in [2.05, 4.69) is 32.1 Å². The molecular formula is C30H42N8O5. The molecule has 2 aliphatic rings. The molecule has 0 unspecified atom stereocenters. The number of alkyl carbamates (subject to hydrolysis) is 1. The Morgan fingerprint density at radius 3 is 2.74 bits per heavy atom. The van der Waals surface area contributed by atoms with Gasteiger partial charge in [-0.15, -0.1) is 0 Å². The first-order valence-electron chi connectivity index (χ1n) is 14.5. The molecule has 0 aliphatic carbocycles. The second-order valence-corrected chi connectivity index (χ2v) is 11.7. The largest absolute Gasteiger partial charge is 0.491 e. The zero-order valence-corrected chi connectivity index (χ0v) is 25.1. The lowest BCUT2D eigenvalue weighted by atomic mass is 9.97. The van der Waals surface area contributed by atoms with Crippen molar-refractivity contribution in [2.45, 2.75) is 77.1 Å². The Hall–Kier alpha value is -4.55. The molecule has 6 N–H and O–H groups in total. The molecule has 0 bridgehead atoms. The predicted molar refractivity (Wildman–Crippen MR) is 163 cm³/mol.